The molecular formula is C16H19NO2. The molecule has 3 heteroatoms. The number of aromatic nitrogens is 1. The summed E-state index contributed by atoms with van der Waals surface area (Å²) in [7, 11) is 0. The van der Waals surface area contributed by atoms with Crippen LogP contribution in [-0.2, 0) is 10.2 Å². The van der Waals surface area contributed by atoms with Crippen LogP contribution in [0.5, 0.6) is 0 Å². The van der Waals surface area contributed by atoms with Gasteiger partial charge in [-0.1, -0.05) is 11.6 Å². The van der Waals surface area contributed by atoms with Gasteiger partial charge in [-0.3, -0.25) is 9.78 Å². The van der Waals surface area contributed by atoms with Crippen LogP contribution in [-0.4, -0.2) is 16.1 Å². The predicted molar refractivity (Wildman–Crippen MR) is 76.6 cm³/mol. The molecule has 0 spiro atoms. The van der Waals surface area contributed by atoms with Crippen LogP contribution >= 0.6 is 0 Å². The lowest BCUT2D eigenvalue weighted by Gasteiger charge is -2.21. The monoisotopic (exact) mass is 257 g/mol. The van der Waals surface area contributed by atoms with Crippen molar-refractivity contribution in [2.24, 2.45) is 0 Å². The van der Waals surface area contributed by atoms with Crippen LogP contribution in [0.4, 0.5) is 0 Å². The summed E-state index contributed by atoms with van der Waals surface area (Å²) in [5.74, 6) is -0.854. The third-order valence-electron chi connectivity index (χ3n) is 3.57. The van der Waals surface area contributed by atoms with Gasteiger partial charge in [-0.25, -0.2) is 0 Å². The molecule has 1 heterocycles. The summed E-state index contributed by atoms with van der Waals surface area (Å²) in [6, 6.07) is 6.18. The Hall–Kier alpha value is -1.90. The fraction of sp³-hybridized carbons (Fsp3) is 0.375. The van der Waals surface area contributed by atoms with E-state index < -0.39 is 11.4 Å². The average Bonchev–Trinajstić information content (AvgIpc) is 2.26. The number of benzene rings is 1. The first kappa shape index (κ1) is 13.5. The third kappa shape index (κ3) is 2.21. The summed E-state index contributed by atoms with van der Waals surface area (Å²) >= 11 is 0. The Morgan fingerprint density at radius 2 is 1.74 bits per heavy atom. The Morgan fingerprint density at radius 3 is 2.32 bits per heavy atom. The van der Waals surface area contributed by atoms with Crippen molar-refractivity contribution in [2.75, 3.05) is 0 Å². The van der Waals surface area contributed by atoms with Crippen molar-refractivity contribution < 1.29 is 9.90 Å². The molecule has 0 aliphatic rings. The van der Waals surface area contributed by atoms with E-state index in [0.29, 0.717) is 5.69 Å². The topological polar surface area (TPSA) is 50.2 Å². The summed E-state index contributed by atoms with van der Waals surface area (Å²) in [4.78, 5) is 16.0. The van der Waals surface area contributed by atoms with Gasteiger partial charge in [-0.15, -0.1) is 0 Å². The van der Waals surface area contributed by atoms with Gasteiger partial charge in [0.1, 0.15) is 5.41 Å². The molecule has 3 nitrogen and oxygen atoms in total. The molecule has 0 unspecified atom stereocenters. The fourth-order valence-corrected chi connectivity index (χ4v) is 2.49. The standard InChI is InChI=1S/C16H19NO2/c1-9-6-10(2)13-12(7-9)8-11(3)14(17-13)16(4,5)15(18)19/h6-8H,1-5H3,(H,18,19). The van der Waals surface area contributed by atoms with E-state index in [1.54, 1.807) is 13.8 Å². The number of fused-ring (bicyclic) bond motifs is 1. The number of aliphatic carboxylic acids is 1. The summed E-state index contributed by atoms with van der Waals surface area (Å²) in [5, 5.41) is 10.4. The molecule has 1 aromatic heterocycles. The first-order valence-corrected chi connectivity index (χ1v) is 6.36. The lowest BCUT2D eigenvalue weighted by molar-refractivity contribution is -0.142. The molecule has 0 amide bonds. The number of carboxylic acids is 1. The zero-order valence-corrected chi connectivity index (χ0v) is 12.0. The van der Waals surface area contributed by atoms with Gasteiger partial charge in [-0.05, 0) is 57.9 Å². The number of nitrogens with zero attached hydrogens (tertiary/aromatic N) is 1. The average molecular weight is 257 g/mol. The van der Waals surface area contributed by atoms with Crippen LogP contribution in [0, 0.1) is 20.8 Å². The maximum Gasteiger partial charge on any atom is 0.315 e. The first-order valence-electron chi connectivity index (χ1n) is 6.36. The molecule has 2 aromatic rings. The first-order chi connectivity index (χ1) is 8.73. The van der Waals surface area contributed by atoms with Gasteiger partial charge < -0.3 is 5.11 Å². The molecule has 0 aliphatic heterocycles. The van der Waals surface area contributed by atoms with E-state index >= 15 is 0 Å². The molecule has 0 saturated heterocycles. The van der Waals surface area contributed by atoms with E-state index in [-0.39, 0.29) is 0 Å². The van der Waals surface area contributed by atoms with Crippen LogP contribution < -0.4 is 0 Å². The highest BCUT2D eigenvalue weighted by atomic mass is 16.4. The minimum Gasteiger partial charge on any atom is -0.481 e. The van der Waals surface area contributed by atoms with Crippen molar-refractivity contribution in [3.05, 3.63) is 40.6 Å². The zero-order valence-electron chi connectivity index (χ0n) is 12.0. The van der Waals surface area contributed by atoms with Crippen LogP contribution in [0.15, 0.2) is 18.2 Å². The van der Waals surface area contributed by atoms with E-state index in [2.05, 4.69) is 24.0 Å². The Morgan fingerprint density at radius 1 is 1.11 bits per heavy atom. The minimum absolute atomic E-state index is 0.638. The second kappa shape index (κ2) is 4.34. The number of hydrogen-bond donors (Lipinski definition) is 1. The van der Waals surface area contributed by atoms with Gasteiger partial charge in [-0.2, -0.15) is 0 Å². The number of carbonyl (C=O) groups is 1. The zero-order chi connectivity index (χ0) is 14.4. The van der Waals surface area contributed by atoms with Gasteiger partial charge in [0.25, 0.3) is 0 Å². The van der Waals surface area contributed by atoms with Crippen LogP contribution in [0.2, 0.25) is 0 Å². The molecule has 0 atom stereocenters. The molecule has 0 radical (unpaired) electrons. The van der Waals surface area contributed by atoms with Crippen molar-refractivity contribution in [3.8, 4) is 0 Å². The highest BCUT2D eigenvalue weighted by Crippen LogP contribution is 2.29. The minimum atomic E-state index is -0.977. The second-order valence-electron chi connectivity index (χ2n) is 5.74. The van der Waals surface area contributed by atoms with Gasteiger partial charge >= 0.3 is 5.97 Å². The highest BCUT2D eigenvalue weighted by molar-refractivity contribution is 5.86. The number of pyridine rings is 1. The van der Waals surface area contributed by atoms with E-state index in [1.165, 1.54) is 5.56 Å². The SMILES string of the molecule is Cc1cc(C)c2nc(C(C)(C)C(=O)O)c(C)cc2c1. The van der Waals surface area contributed by atoms with Crippen molar-refractivity contribution >= 4 is 16.9 Å². The Kier molecular flexibility index (Phi) is 3.09. The van der Waals surface area contributed by atoms with Crippen LogP contribution in [0.3, 0.4) is 0 Å². The normalized spacial score (nSPS) is 11.8. The molecule has 0 fully saturated rings. The summed E-state index contributed by atoms with van der Waals surface area (Å²) < 4.78 is 0. The van der Waals surface area contributed by atoms with Crippen LogP contribution in [0.1, 0.15) is 36.2 Å². The molecule has 1 aromatic carbocycles. The van der Waals surface area contributed by atoms with Gasteiger partial charge in [0.05, 0.1) is 11.2 Å². The van der Waals surface area contributed by atoms with E-state index in [0.717, 1.165) is 22.0 Å². The quantitative estimate of drug-likeness (QED) is 0.895. The molecule has 0 bridgehead atoms. The Balaban J connectivity index is 2.79. The smallest absolute Gasteiger partial charge is 0.315 e. The lowest BCUT2D eigenvalue weighted by Crippen LogP contribution is -2.30. The van der Waals surface area contributed by atoms with E-state index in [9.17, 15) is 9.90 Å². The second-order valence-corrected chi connectivity index (χ2v) is 5.74. The maximum absolute atomic E-state index is 11.4. The van der Waals surface area contributed by atoms with Crippen molar-refractivity contribution in [1.29, 1.82) is 0 Å². The molecule has 100 valence electrons. The molecule has 19 heavy (non-hydrogen) atoms. The Bertz CT molecular complexity index is 672. The number of aryl methyl sites for hydroxylation is 3. The predicted octanol–water partition coefficient (Wildman–Crippen LogP) is 3.52. The van der Waals surface area contributed by atoms with Crippen molar-refractivity contribution in [2.45, 2.75) is 40.0 Å². The highest BCUT2D eigenvalue weighted by Gasteiger charge is 2.32. The largest absolute Gasteiger partial charge is 0.481 e. The van der Waals surface area contributed by atoms with E-state index in [4.69, 9.17) is 0 Å². The number of rotatable bonds is 2. The molecular weight excluding hydrogens is 238 g/mol. The maximum atomic E-state index is 11.4. The molecule has 0 aliphatic carbocycles. The van der Waals surface area contributed by atoms with Crippen LogP contribution in [0.25, 0.3) is 10.9 Å². The molecule has 2 rings (SSSR count). The number of carboxylic acid groups (broad SMARTS) is 1. The van der Waals surface area contributed by atoms with Gasteiger partial charge in [0.15, 0.2) is 0 Å². The fourth-order valence-electron chi connectivity index (χ4n) is 2.49. The third-order valence-corrected chi connectivity index (χ3v) is 3.57. The number of hydrogen-bond acceptors (Lipinski definition) is 2. The van der Waals surface area contributed by atoms with E-state index in [1.807, 2.05) is 19.9 Å². The van der Waals surface area contributed by atoms with Crippen molar-refractivity contribution in [3.63, 3.8) is 0 Å². The summed E-state index contributed by atoms with van der Waals surface area (Å²) in [5.41, 5.74) is 3.74. The lowest BCUT2D eigenvalue weighted by atomic mass is 9.85. The molecule has 1 N–H and O–H groups in total. The molecule has 0 saturated carbocycles. The summed E-state index contributed by atoms with van der Waals surface area (Å²) in [6.45, 7) is 9.37. The summed E-state index contributed by atoms with van der Waals surface area (Å²) in [6.07, 6.45) is 0. The van der Waals surface area contributed by atoms with Gasteiger partial charge in [0, 0.05) is 5.39 Å². The van der Waals surface area contributed by atoms with Crippen molar-refractivity contribution in [1.82, 2.24) is 4.98 Å². The van der Waals surface area contributed by atoms with Gasteiger partial charge in [0.2, 0.25) is 0 Å². The Labute approximate surface area is 113 Å².